The number of carbonyl (C=O) groups is 1. The second kappa shape index (κ2) is 6.66. The monoisotopic (exact) mass is 400 g/mol. The number of pyridine rings is 1. The van der Waals surface area contributed by atoms with Crippen molar-refractivity contribution in [1.29, 1.82) is 0 Å². The number of carbonyl (C=O) groups excluding carboxylic acids is 1. The van der Waals surface area contributed by atoms with Crippen LogP contribution in [-0.4, -0.2) is 25.5 Å². The third-order valence-electron chi connectivity index (χ3n) is 4.84. The zero-order valence-corrected chi connectivity index (χ0v) is 15.9. The van der Waals surface area contributed by atoms with Crippen LogP contribution in [0.25, 0.3) is 17.1 Å². The van der Waals surface area contributed by atoms with Crippen molar-refractivity contribution in [3.05, 3.63) is 77.8 Å². The number of hydrogen-bond donors (Lipinski definition) is 2. The summed E-state index contributed by atoms with van der Waals surface area (Å²) in [6, 6.07) is 13.5. The van der Waals surface area contributed by atoms with Gasteiger partial charge in [-0.1, -0.05) is 18.2 Å². The summed E-state index contributed by atoms with van der Waals surface area (Å²) in [4.78, 5) is 17.2. The predicted octanol–water partition coefficient (Wildman–Crippen LogP) is 4.39. The second-order valence-electron chi connectivity index (χ2n) is 6.90. The fourth-order valence-corrected chi connectivity index (χ4v) is 3.54. The highest BCUT2D eigenvalue weighted by Gasteiger charge is 2.31. The van der Waals surface area contributed by atoms with Crippen molar-refractivity contribution >= 4 is 22.9 Å². The zero-order chi connectivity index (χ0) is 20.8. The Bertz CT molecular complexity index is 1340. The number of ether oxygens (including phenoxy) is 2. The van der Waals surface area contributed by atoms with Gasteiger partial charge >= 0.3 is 0 Å². The number of Topliss-reactive ketones (excluding diaryl/α,β-unsaturated/α-hetero) is 1. The fraction of sp³-hybridized carbons (Fsp3) is 0.0435. The standard InChI is InChI=1S/C23H16N2O5/c1-25-12-13(9-19-22(28)21-16(27)10-14(26)11-18(21)30-19)20-17(7-8-24-23(20)25)29-15-5-3-2-4-6-15/h2-12,26-27H,1H3/b19-9-. The number of nitrogens with zero attached hydrogens (tertiary/aromatic N) is 2. The van der Waals surface area contributed by atoms with E-state index in [1.807, 2.05) is 48.1 Å². The van der Waals surface area contributed by atoms with Gasteiger partial charge in [0.25, 0.3) is 0 Å². The van der Waals surface area contributed by atoms with Crippen LogP contribution in [-0.2, 0) is 7.05 Å². The Hall–Kier alpha value is -4.26. The minimum absolute atomic E-state index is 0.0261. The van der Waals surface area contributed by atoms with Gasteiger partial charge in [0.15, 0.2) is 5.76 Å². The Labute approximate surface area is 171 Å². The first-order valence-corrected chi connectivity index (χ1v) is 9.18. The first kappa shape index (κ1) is 17.8. The Balaban J connectivity index is 1.62. The van der Waals surface area contributed by atoms with Gasteiger partial charge < -0.3 is 24.3 Å². The van der Waals surface area contributed by atoms with E-state index in [1.54, 1.807) is 18.3 Å². The molecule has 7 heteroatoms. The van der Waals surface area contributed by atoms with Crippen LogP contribution >= 0.6 is 0 Å². The lowest BCUT2D eigenvalue weighted by Crippen LogP contribution is -1.98. The number of phenols is 2. The fourth-order valence-electron chi connectivity index (χ4n) is 3.54. The lowest BCUT2D eigenvalue weighted by molar-refractivity contribution is 0.101. The Morgan fingerprint density at radius 1 is 1.13 bits per heavy atom. The van der Waals surface area contributed by atoms with E-state index >= 15 is 0 Å². The Morgan fingerprint density at radius 3 is 2.73 bits per heavy atom. The number of aromatic hydroxyl groups is 2. The van der Waals surface area contributed by atoms with Crippen LogP contribution in [0.3, 0.4) is 0 Å². The van der Waals surface area contributed by atoms with Crippen molar-refractivity contribution in [2.45, 2.75) is 0 Å². The van der Waals surface area contributed by atoms with Gasteiger partial charge in [0.05, 0.1) is 5.39 Å². The minimum atomic E-state index is -0.464. The van der Waals surface area contributed by atoms with Crippen LogP contribution in [0.5, 0.6) is 28.7 Å². The van der Waals surface area contributed by atoms with E-state index in [2.05, 4.69) is 4.98 Å². The number of aromatic nitrogens is 2. The lowest BCUT2D eigenvalue weighted by atomic mass is 10.1. The molecule has 5 rings (SSSR count). The molecule has 2 N–H and O–H groups in total. The van der Waals surface area contributed by atoms with E-state index in [-0.39, 0.29) is 28.6 Å². The molecule has 0 saturated heterocycles. The molecule has 2 aromatic heterocycles. The molecule has 7 nitrogen and oxygen atoms in total. The molecule has 30 heavy (non-hydrogen) atoms. The van der Waals surface area contributed by atoms with E-state index in [0.29, 0.717) is 22.7 Å². The number of benzene rings is 2. The van der Waals surface area contributed by atoms with E-state index in [1.165, 1.54) is 6.07 Å². The van der Waals surface area contributed by atoms with Gasteiger partial charge in [0, 0.05) is 37.1 Å². The summed E-state index contributed by atoms with van der Waals surface area (Å²) in [6.07, 6.45) is 5.06. The van der Waals surface area contributed by atoms with Crippen LogP contribution in [0.1, 0.15) is 15.9 Å². The molecule has 0 radical (unpaired) electrons. The molecule has 0 saturated carbocycles. The first-order valence-electron chi connectivity index (χ1n) is 9.18. The molecule has 0 bridgehead atoms. The van der Waals surface area contributed by atoms with Gasteiger partial charge in [-0.2, -0.15) is 0 Å². The average molecular weight is 400 g/mol. The summed E-state index contributed by atoms with van der Waals surface area (Å²) in [6.45, 7) is 0. The molecule has 0 aliphatic carbocycles. The Kier molecular flexibility index (Phi) is 3.96. The molecular formula is C23H16N2O5. The lowest BCUT2D eigenvalue weighted by Gasteiger charge is -2.07. The predicted molar refractivity (Wildman–Crippen MR) is 110 cm³/mol. The maximum atomic E-state index is 12.8. The maximum Gasteiger partial charge on any atom is 0.235 e. The molecule has 1 aliphatic heterocycles. The molecule has 4 aromatic rings. The molecule has 0 atom stereocenters. The molecular weight excluding hydrogens is 384 g/mol. The van der Waals surface area contributed by atoms with Crippen molar-refractivity contribution in [1.82, 2.24) is 9.55 Å². The van der Waals surface area contributed by atoms with Crippen LogP contribution in [0.2, 0.25) is 0 Å². The molecule has 0 spiro atoms. The van der Waals surface area contributed by atoms with Crippen LogP contribution in [0, 0.1) is 0 Å². The van der Waals surface area contributed by atoms with Crippen molar-refractivity contribution in [2.24, 2.45) is 7.05 Å². The van der Waals surface area contributed by atoms with Gasteiger partial charge in [-0.3, -0.25) is 4.79 Å². The van der Waals surface area contributed by atoms with Gasteiger partial charge in [-0.05, 0) is 24.3 Å². The number of allylic oxidation sites excluding steroid dienone is 1. The SMILES string of the molecule is Cn1cc(/C=C2\Oc3cc(O)cc(O)c3C2=O)c2c(Oc3ccccc3)ccnc21. The average Bonchev–Trinajstić information content (AvgIpc) is 3.20. The number of ketones is 1. The third kappa shape index (κ3) is 2.84. The van der Waals surface area contributed by atoms with E-state index < -0.39 is 5.78 Å². The smallest absolute Gasteiger partial charge is 0.235 e. The molecule has 0 fully saturated rings. The van der Waals surface area contributed by atoms with Crippen molar-refractivity contribution in [3.8, 4) is 28.7 Å². The summed E-state index contributed by atoms with van der Waals surface area (Å²) < 4.78 is 13.5. The van der Waals surface area contributed by atoms with Gasteiger partial charge in [0.2, 0.25) is 5.78 Å². The molecule has 0 amide bonds. The number of hydrogen-bond acceptors (Lipinski definition) is 6. The van der Waals surface area contributed by atoms with Crippen molar-refractivity contribution in [3.63, 3.8) is 0 Å². The van der Waals surface area contributed by atoms with Crippen LogP contribution < -0.4 is 9.47 Å². The van der Waals surface area contributed by atoms with E-state index in [4.69, 9.17) is 9.47 Å². The summed E-state index contributed by atoms with van der Waals surface area (Å²) in [5, 5.41) is 20.4. The highest BCUT2D eigenvalue weighted by molar-refractivity contribution is 6.16. The number of aryl methyl sites for hydroxylation is 1. The first-order chi connectivity index (χ1) is 14.5. The quantitative estimate of drug-likeness (QED) is 0.495. The molecule has 2 aromatic carbocycles. The number of rotatable bonds is 3. The largest absolute Gasteiger partial charge is 0.508 e. The summed E-state index contributed by atoms with van der Waals surface area (Å²) in [7, 11) is 1.85. The maximum absolute atomic E-state index is 12.8. The summed E-state index contributed by atoms with van der Waals surface area (Å²) >= 11 is 0. The van der Waals surface area contributed by atoms with Crippen molar-refractivity contribution in [2.75, 3.05) is 0 Å². The topological polar surface area (TPSA) is 93.8 Å². The minimum Gasteiger partial charge on any atom is -0.508 e. The van der Waals surface area contributed by atoms with Gasteiger partial charge in [-0.25, -0.2) is 4.98 Å². The van der Waals surface area contributed by atoms with Crippen molar-refractivity contribution < 1.29 is 24.5 Å². The molecule has 1 aliphatic rings. The van der Waals surface area contributed by atoms with E-state index in [9.17, 15) is 15.0 Å². The van der Waals surface area contributed by atoms with Gasteiger partial charge in [-0.15, -0.1) is 0 Å². The molecule has 3 heterocycles. The highest BCUT2D eigenvalue weighted by atomic mass is 16.5. The van der Waals surface area contributed by atoms with E-state index in [0.717, 1.165) is 11.5 Å². The molecule has 0 unspecified atom stereocenters. The number of fused-ring (bicyclic) bond motifs is 2. The second-order valence-corrected chi connectivity index (χ2v) is 6.90. The number of para-hydroxylation sites is 1. The van der Waals surface area contributed by atoms with Crippen LogP contribution in [0.15, 0.2) is 66.7 Å². The highest BCUT2D eigenvalue weighted by Crippen LogP contribution is 2.41. The third-order valence-corrected chi connectivity index (χ3v) is 4.84. The Morgan fingerprint density at radius 2 is 1.93 bits per heavy atom. The summed E-state index contributed by atoms with van der Waals surface area (Å²) in [5.41, 5.74) is 1.38. The zero-order valence-electron chi connectivity index (χ0n) is 15.9. The molecule has 148 valence electrons. The van der Waals surface area contributed by atoms with Gasteiger partial charge in [0.1, 0.15) is 40.0 Å². The summed E-state index contributed by atoms with van der Waals surface area (Å²) in [5.74, 6) is 0.430. The number of phenolic OH excluding ortho intramolecular Hbond substituents is 2. The normalized spacial score (nSPS) is 14.2. The van der Waals surface area contributed by atoms with Crippen LogP contribution in [0.4, 0.5) is 0 Å².